The monoisotopic (exact) mass is 506 g/mol. The van der Waals surface area contributed by atoms with E-state index >= 15 is 0 Å². The summed E-state index contributed by atoms with van der Waals surface area (Å²) in [5.41, 5.74) is 0.935. The van der Waals surface area contributed by atoms with Crippen molar-refractivity contribution in [2.45, 2.75) is 65.5 Å². The van der Waals surface area contributed by atoms with Crippen LogP contribution >= 0.6 is 11.6 Å². The Hall–Kier alpha value is -2.12. The standard InChI is InChI=1S/C27H43ClN4O3/c1-19(2)15-26(34)32(17-20(3)4)23-11-14-31(18-23)27(35)24(29-25(33)12-13-30(5)6)16-21-7-9-22(28)10-8-21/h7-10,19-20,23-24H,11-18H2,1-6H3,(H,29,33). The van der Waals surface area contributed by atoms with Gasteiger partial charge in [-0.05, 0) is 50.0 Å². The third kappa shape index (κ3) is 9.80. The molecule has 0 spiro atoms. The summed E-state index contributed by atoms with van der Waals surface area (Å²) < 4.78 is 0. The lowest BCUT2D eigenvalue weighted by Gasteiger charge is -2.32. The summed E-state index contributed by atoms with van der Waals surface area (Å²) in [6.07, 6.45) is 1.99. The molecule has 3 amide bonds. The highest BCUT2D eigenvalue weighted by Gasteiger charge is 2.36. The molecule has 1 heterocycles. The molecule has 2 rings (SSSR count). The molecule has 0 bridgehead atoms. The average Bonchev–Trinajstić information content (AvgIpc) is 3.25. The number of amides is 3. The van der Waals surface area contributed by atoms with E-state index in [9.17, 15) is 14.4 Å². The molecule has 0 saturated carbocycles. The molecule has 196 valence electrons. The van der Waals surface area contributed by atoms with Crippen molar-refractivity contribution in [3.05, 3.63) is 34.9 Å². The molecule has 2 atom stereocenters. The van der Waals surface area contributed by atoms with Gasteiger partial charge in [0, 0.05) is 50.5 Å². The lowest BCUT2D eigenvalue weighted by Crippen LogP contribution is -2.51. The van der Waals surface area contributed by atoms with Gasteiger partial charge in [0.05, 0.1) is 6.04 Å². The van der Waals surface area contributed by atoms with Crippen LogP contribution in [0, 0.1) is 11.8 Å². The molecule has 0 radical (unpaired) electrons. The van der Waals surface area contributed by atoms with E-state index in [1.54, 1.807) is 12.1 Å². The highest BCUT2D eigenvalue weighted by Crippen LogP contribution is 2.21. The van der Waals surface area contributed by atoms with Gasteiger partial charge in [-0.15, -0.1) is 0 Å². The van der Waals surface area contributed by atoms with Gasteiger partial charge in [-0.3, -0.25) is 14.4 Å². The molecule has 1 aliphatic heterocycles. The second-order valence-corrected chi connectivity index (χ2v) is 11.2. The molecule has 1 aromatic rings. The minimum Gasteiger partial charge on any atom is -0.344 e. The van der Waals surface area contributed by atoms with Crippen LogP contribution in [0.5, 0.6) is 0 Å². The molecular formula is C27H43ClN4O3. The zero-order chi connectivity index (χ0) is 26.1. The smallest absolute Gasteiger partial charge is 0.245 e. The first-order valence-electron chi connectivity index (χ1n) is 12.7. The maximum Gasteiger partial charge on any atom is 0.245 e. The predicted octanol–water partition coefficient (Wildman–Crippen LogP) is 3.45. The molecule has 2 unspecified atom stereocenters. The van der Waals surface area contributed by atoms with Crippen LogP contribution in [-0.4, -0.2) is 84.8 Å². The van der Waals surface area contributed by atoms with Crippen LogP contribution in [0.2, 0.25) is 5.02 Å². The number of benzene rings is 1. The van der Waals surface area contributed by atoms with Crippen LogP contribution < -0.4 is 5.32 Å². The predicted molar refractivity (Wildman–Crippen MR) is 141 cm³/mol. The number of carbonyl (C=O) groups excluding carboxylic acids is 3. The number of carbonyl (C=O) groups is 3. The summed E-state index contributed by atoms with van der Waals surface area (Å²) in [5, 5.41) is 3.60. The van der Waals surface area contributed by atoms with Gasteiger partial charge in [0.2, 0.25) is 17.7 Å². The van der Waals surface area contributed by atoms with Crippen LogP contribution in [0.25, 0.3) is 0 Å². The summed E-state index contributed by atoms with van der Waals surface area (Å²) in [6, 6.07) is 6.71. The topological polar surface area (TPSA) is 73.0 Å². The third-order valence-electron chi connectivity index (χ3n) is 6.15. The number of rotatable bonds is 12. The Kier molecular flexibility index (Phi) is 11.5. The molecule has 1 aliphatic rings. The van der Waals surface area contributed by atoms with Crippen LogP contribution in [-0.2, 0) is 20.8 Å². The zero-order valence-electron chi connectivity index (χ0n) is 22.2. The summed E-state index contributed by atoms with van der Waals surface area (Å²) in [4.78, 5) is 44.9. The van der Waals surface area contributed by atoms with Gasteiger partial charge in [-0.2, -0.15) is 0 Å². The Balaban J connectivity index is 2.14. The lowest BCUT2D eigenvalue weighted by atomic mass is 10.0. The summed E-state index contributed by atoms with van der Waals surface area (Å²) in [7, 11) is 3.83. The molecule has 35 heavy (non-hydrogen) atoms. The van der Waals surface area contributed by atoms with Gasteiger partial charge in [0.15, 0.2) is 0 Å². The molecule has 1 saturated heterocycles. The first-order valence-corrected chi connectivity index (χ1v) is 13.1. The van der Waals surface area contributed by atoms with E-state index in [1.165, 1.54) is 0 Å². The van der Waals surface area contributed by atoms with E-state index in [2.05, 4.69) is 33.0 Å². The van der Waals surface area contributed by atoms with Crippen molar-refractivity contribution >= 4 is 29.3 Å². The average molecular weight is 507 g/mol. The maximum absolute atomic E-state index is 13.6. The van der Waals surface area contributed by atoms with Crippen molar-refractivity contribution in [1.82, 2.24) is 20.0 Å². The maximum atomic E-state index is 13.6. The van der Waals surface area contributed by atoms with Gasteiger partial charge < -0.3 is 20.0 Å². The van der Waals surface area contributed by atoms with Crippen molar-refractivity contribution < 1.29 is 14.4 Å². The number of likely N-dealkylation sites (tertiary alicyclic amines) is 1. The molecule has 1 N–H and O–H groups in total. The minimum atomic E-state index is -0.658. The third-order valence-corrected chi connectivity index (χ3v) is 6.41. The fraction of sp³-hybridized carbons (Fsp3) is 0.667. The van der Waals surface area contributed by atoms with E-state index in [4.69, 9.17) is 11.6 Å². The summed E-state index contributed by atoms with van der Waals surface area (Å²) >= 11 is 6.03. The van der Waals surface area contributed by atoms with Crippen LogP contribution in [0.1, 0.15) is 52.5 Å². The van der Waals surface area contributed by atoms with E-state index in [-0.39, 0.29) is 29.7 Å². The largest absolute Gasteiger partial charge is 0.344 e. The Labute approximate surface area is 216 Å². The Morgan fingerprint density at radius 1 is 1.09 bits per heavy atom. The normalized spacial score (nSPS) is 16.7. The highest BCUT2D eigenvalue weighted by atomic mass is 35.5. The van der Waals surface area contributed by atoms with Crippen molar-refractivity contribution in [2.75, 3.05) is 40.3 Å². The Bertz CT molecular complexity index is 841. The SMILES string of the molecule is CC(C)CC(=O)N(CC(C)C)C1CCN(C(=O)C(Cc2ccc(Cl)cc2)NC(=O)CCN(C)C)C1. The fourth-order valence-corrected chi connectivity index (χ4v) is 4.51. The van der Waals surface area contributed by atoms with Crippen LogP contribution in [0.3, 0.4) is 0 Å². The highest BCUT2D eigenvalue weighted by molar-refractivity contribution is 6.30. The minimum absolute atomic E-state index is 0.00762. The van der Waals surface area contributed by atoms with Crippen molar-refractivity contribution in [3.63, 3.8) is 0 Å². The van der Waals surface area contributed by atoms with Crippen LogP contribution in [0.4, 0.5) is 0 Å². The molecular weight excluding hydrogens is 464 g/mol. The molecule has 1 aromatic carbocycles. The Morgan fingerprint density at radius 2 is 1.74 bits per heavy atom. The van der Waals surface area contributed by atoms with Crippen LogP contribution in [0.15, 0.2) is 24.3 Å². The molecule has 8 heteroatoms. The van der Waals surface area contributed by atoms with Gasteiger partial charge in [0.25, 0.3) is 0 Å². The lowest BCUT2D eigenvalue weighted by molar-refractivity contribution is -0.137. The van der Waals surface area contributed by atoms with Gasteiger partial charge in [0.1, 0.15) is 6.04 Å². The number of hydrogen-bond donors (Lipinski definition) is 1. The molecule has 1 fully saturated rings. The molecule has 0 aromatic heterocycles. The number of halogens is 1. The summed E-state index contributed by atoms with van der Waals surface area (Å²) in [6.45, 7) is 10.7. The Morgan fingerprint density at radius 3 is 2.31 bits per heavy atom. The zero-order valence-corrected chi connectivity index (χ0v) is 23.0. The number of hydrogen-bond acceptors (Lipinski definition) is 4. The van der Waals surface area contributed by atoms with Gasteiger partial charge >= 0.3 is 0 Å². The fourth-order valence-electron chi connectivity index (χ4n) is 4.38. The summed E-state index contributed by atoms with van der Waals surface area (Å²) in [5.74, 6) is 0.557. The quantitative estimate of drug-likeness (QED) is 0.471. The van der Waals surface area contributed by atoms with Crippen molar-refractivity contribution in [1.29, 1.82) is 0 Å². The molecule has 7 nitrogen and oxygen atoms in total. The second kappa shape index (κ2) is 13.8. The second-order valence-electron chi connectivity index (χ2n) is 10.8. The van der Waals surface area contributed by atoms with Crippen molar-refractivity contribution in [3.8, 4) is 0 Å². The van der Waals surface area contributed by atoms with E-state index in [0.29, 0.717) is 56.4 Å². The van der Waals surface area contributed by atoms with Gasteiger partial charge in [-0.1, -0.05) is 51.4 Å². The van der Waals surface area contributed by atoms with E-state index in [0.717, 1.165) is 12.0 Å². The number of nitrogens with zero attached hydrogens (tertiary/aromatic N) is 3. The first kappa shape index (κ1) is 29.1. The van der Waals surface area contributed by atoms with Crippen molar-refractivity contribution in [2.24, 2.45) is 11.8 Å². The van der Waals surface area contributed by atoms with E-state index in [1.807, 2.05) is 40.9 Å². The first-order chi connectivity index (χ1) is 16.5. The van der Waals surface area contributed by atoms with E-state index < -0.39 is 6.04 Å². The van der Waals surface area contributed by atoms with Gasteiger partial charge in [-0.25, -0.2) is 0 Å². The number of nitrogens with one attached hydrogen (secondary N) is 1. The molecule has 0 aliphatic carbocycles.